The van der Waals surface area contributed by atoms with Crippen LogP contribution in [0.1, 0.15) is 29.6 Å². The van der Waals surface area contributed by atoms with Gasteiger partial charge in [-0.3, -0.25) is 9.69 Å². The quantitative estimate of drug-likeness (QED) is 0.936. The Morgan fingerprint density at radius 3 is 3.00 bits per heavy atom. The van der Waals surface area contributed by atoms with Crippen molar-refractivity contribution in [2.45, 2.75) is 26.2 Å². The second-order valence-electron chi connectivity index (χ2n) is 5.93. The number of hydrogen-bond donors (Lipinski definition) is 1. The summed E-state index contributed by atoms with van der Waals surface area (Å²) >= 11 is 0. The molecule has 2 aromatic rings. The molecule has 1 saturated heterocycles. The third-order valence-electron chi connectivity index (χ3n) is 3.93. The average Bonchev–Trinajstić information content (AvgIpc) is 3.11. The monoisotopic (exact) mass is 318 g/mol. The minimum absolute atomic E-state index is 0.153. The largest absolute Gasteiger partial charge is 0.339 e. The van der Waals surface area contributed by atoms with E-state index in [4.69, 9.17) is 4.52 Å². The van der Waals surface area contributed by atoms with Gasteiger partial charge in [0.25, 0.3) is 0 Å². The van der Waals surface area contributed by atoms with Gasteiger partial charge in [-0.2, -0.15) is 4.98 Å². The minimum Gasteiger partial charge on any atom is -0.339 e. The van der Waals surface area contributed by atoms with E-state index in [1.165, 1.54) is 6.07 Å². The lowest BCUT2D eigenvalue weighted by molar-refractivity contribution is -0.117. The third kappa shape index (κ3) is 3.73. The molecule has 6 nitrogen and oxygen atoms in total. The fourth-order valence-corrected chi connectivity index (χ4v) is 2.77. The van der Waals surface area contributed by atoms with Crippen LogP contribution in [-0.4, -0.2) is 40.6 Å². The molecule has 1 amide bonds. The minimum atomic E-state index is -0.418. The molecule has 0 spiro atoms. The van der Waals surface area contributed by atoms with Crippen molar-refractivity contribution in [1.29, 1.82) is 0 Å². The lowest BCUT2D eigenvalue weighted by Crippen LogP contribution is -2.31. The van der Waals surface area contributed by atoms with Gasteiger partial charge in [0.05, 0.1) is 18.2 Å². The lowest BCUT2D eigenvalue weighted by Gasteiger charge is -2.15. The van der Waals surface area contributed by atoms with Gasteiger partial charge in [-0.15, -0.1) is 0 Å². The lowest BCUT2D eigenvalue weighted by atomic mass is 10.1. The van der Waals surface area contributed by atoms with Gasteiger partial charge in [0.15, 0.2) is 5.82 Å². The molecule has 23 heavy (non-hydrogen) atoms. The zero-order valence-corrected chi connectivity index (χ0v) is 13.2. The molecule has 122 valence electrons. The van der Waals surface area contributed by atoms with E-state index < -0.39 is 5.82 Å². The second-order valence-corrected chi connectivity index (χ2v) is 5.93. The van der Waals surface area contributed by atoms with Gasteiger partial charge in [0.1, 0.15) is 5.82 Å². The molecule has 0 bridgehead atoms. The van der Waals surface area contributed by atoms with Crippen LogP contribution in [0.25, 0.3) is 0 Å². The van der Waals surface area contributed by atoms with Gasteiger partial charge >= 0.3 is 0 Å². The fourth-order valence-electron chi connectivity index (χ4n) is 2.77. The Morgan fingerprint density at radius 2 is 2.30 bits per heavy atom. The first-order valence-corrected chi connectivity index (χ1v) is 7.60. The maximum atomic E-state index is 13.8. The number of hydrogen-bond acceptors (Lipinski definition) is 5. The van der Waals surface area contributed by atoms with Crippen LogP contribution < -0.4 is 5.32 Å². The summed E-state index contributed by atoms with van der Waals surface area (Å²) in [5.41, 5.74) is 1.03. The zero-order valence-electron chi connectivity index (χ0n) is 13.2. The molecule has 7 heteroatoms. The summed E-state index contributed by atoms with van der Waals surface area (Å²) in [5, 5.41) is 6.41. The van der Waals surface area contributed by atoms with Gasteiger partial charge in [-0.05, 0) is 44.5 Å². The van der Waals surface area contributed by atoms with Crippen molar-refractivity contribution in [3.05, 3.63) is 41.3 Å². The number of aromatic nitrogens is 2. The Balaban J connectivity index is 1.54. The summed E-state index contributed by atoms with van der Waals surface area (Å²) in [6.45, 7) is 5.26. The Bertz CT molecular complexity index is 716. The van der Waals surface area contributed by atoms with Gasteiger partial charge in [-0.25, -0.2) is 4.39 Å². The summed E-state index contributed by atoms with van der Waals surface area (Å²) < 4.78 is 18.9. The molecule has 1 unspecified atom stereocenters. The third-order valence-corrected chi connectivity index (χ3v) is 3.93. The van der Waals surface area contributed by atoms with E-state index >= 15 is 0 Å². The SMILES string of the molecule is Cc1ccc(NC(=O)CN2CCC(c3nc(C)no3)C2)c(F)c1. The van der Waals surface area contributed by atoms with E-state index in [0.717, 1.165) is 18.5 Å². The molecular weight excluding hydrogens is 299 g/mol. The molecule has 1 aliphatic heterocycles. The normalized spacial score (nSPS) is 18.3. The molecule has 1 fully saturated rings. The number of carbonyl (C=O) groups excluding carboxylic acids is 1. The van der Waals surface area contributed by atoms with E-state index in [1.807, 2.05) is 4.90 Å². The summed E-state index contributed by atoms with van der Waals surface area (Å²) in [4.78, 5) is 18.3. The molecule has 1 atom stereocenters. The van der Waals surface area contributed by atoms with Crippen molar-refractivity contribution in [2.24, 2.45) is 0 Å². The first kappa shape index (κ1) is 15.6. The van der Waals surface area contributed by atoms with Gasteiger partial charge in [0, 0.05) is 6.54 Å². The number of rotatable bonds is 4. The molecule has 0 saturated carbocycles. The van der Waals surface area contributed by atoms with Crippen LogP contribution in [0, 0.1) is 19.7 Å². The highest BCUT2D eigenvalue weighted by molar-refractivity contribution is 5.92. The molecule has 1 N–H and O–H groups in total. The van der Waals surface area contributed by atoms with E-state index in [1.54, 1.807) is 26.0 Å². The van der Waals surface area contributed by atoms with Crippen LogP contribution in [-0.2, 0) is 4.79 Å². The van der Waals surface area contributed by atoms with Crippen molar-refractivity contribution in [3.8, 4) is 0 Å². The van der Waals surface area contributed by atoms with Crippen LogP contribution in [0.2, 0.25) is 0 Å². The number of aryl methyl sites for hydroxylation is 2. The number of carbonyl (C=O) groups is 1. The summed E-state index contributed by atoms with van der Waals surface area (Å²) in [6.07, 6.45) is 0.869. The predicted octanol–water partition coefficient (Wildman–Crippen LogP) is 2.25. The highest BCUT2D eigenvalue weighted by Crippen LogP contribution is 2.25. The molecule has 1 aliphatic rings. The highest BCUT2D eigenvalue weighted by atomic mass is 19.1. The summed E-state index contributed by atoms with van der Waals surface area (Å²) in [6, 6.07) is 4.75. The van der Waals surface area contributed by atoms with Crippen molar-refractivity contribution in [3.63, 3.8) is 0 Å². The van der Waals surface area contributed by atoms with Crippen molar-refractivity contribution in [2.75, 3.05) is 25.0 Å². The number of likely N-dealkylation sites (tertiary alicyclic amines) is 1. The maximum absolute atomic E-state index is 13.8. The number of anilines is 1. The predicted molar refractivity (Wildman–Crippen MR) is 82.6 cm³/mol. The van der Waals surface area contributed by atoms with Crippen LogP contribution in [0.5, 0.6) is 0 Å². The van der Waals surface area contributed by atoms with E-state index in [0.29, 0.717) is 18.3 Å². The molecule has 1 aromatic carbocycles. The van der Waals surface area contributed by atoms with Gasteiger partial charge in [0.2, 0.25) is 11.8 Å². The highest BCUT2D eigenvalue weighted by Gasteiger charge is 2.29. The first-order valence-electron chi connectivity index (χ1n) is 7.60. The molecule has 0 aliphatic carbocycles. The molecule has 2 heterocycles. The Labute approximate surface area is 133 Å². The number of nitrogens with zero attached hydrogens (tertiary/aromatic N) is 3. The van der Waals surface area contributed by atoms with Crippen LogP contribution in [0.3, 0.4) is 0 Å². The van der Waals surface area contributed by atoms with Crippen molar-refractivity contribution in [1.82, 2.24) is 15.0 Å². The summed E-state index contributed by atoms with van der Waals surface area (Å²) in [7, 11) is 0. The van der Waals surface area contributed by atoms with Crippen molar-refractivity contribution >= 4 is 11.6 Å². The molecule has 3 rings (SSSR count). The second kappa shape index (κ2) is 6.45. The number of amides is 1. The van der Waals surface area contributed by atoms with Gasteiger partial charge < -0.3 is 9.84 Å². The molecule has 0 radical (unpaired) electrons. The summed E-state index contributed by atoms with van der Waals surface area (Å²) in [5.74, 6) is 0.746. The smallest absolute Gasteiger partial charge is 0.238 e. The first-order chi connectivity index (χ1) is 11.0. The standard InChI is InChI=1S/C16H19FN4O2/c1-10-3-4-14(13(17)7-10)19-15(22)9-21-6-5-12(8-21)16-18-11(2)20-23-16/h3-4,7,12H,5-6,8-9H2,1-2H3,(H,19,22). The van der Waals surface area contributed by atoms with Crippen LogP contribution in [0.4, 0.5) is 10.1 Å². The number of halogens is 1. The van der Waals surface area contributed by atoms with Crippen molar-refractivity contribution < 1.29 is 13.7 Å². The topological polar surface area (TPSA) is 71.3 Å². The van der Waals surface area contributed by atoms with Crippen LogP contribution >= 0.6 is 0 Å². The fraction of sp³-hybridized carbons (Fsp3) is 0.438. The maximum Gasteiger partial charge on any atom is 0.238 e. The zero-order chi connectivity index (χ0) is 16.4. The van der Waals surface area contributed by atoms with Crippen LogP contribution in [0.15, 0.2) is 22.7 Å². The van der Waals surface area contributed by atoms with E-state index in [9.17, 15) is 9.18 Å². The van der Waals surface area contributed by atoms with E-state index in [-0.39, 0.29) is 24.1 Å². The number of nitrogens with one attached hydrogen (secondary N) is 1. The Kier molecular flexibility index (Phi) is 4.38. The number of benzene rings is 1. The Hall–Kier alpha value is -2.28. The van der Waals surface area contributed by atoms with Gasteiger partial charge in [-0.1, -0.05) is 11.2 Å². The Morgan fingerprint density at radius 1 is 1.48 bits per heavy atom. The average molecular weight is 318 g/mol. The molecular formula is C16H19FN4O2. The molecule has 1 aromatic heterocycles. The van der Waals surface area contributed by atoms with E-state index in [2.05, 4.69) is 15.5 Å².